The predicted octanol–water partition coefficient (Wildman–Crippen LogP) is 2.80. The number of carbonyl (C=O) groups excluding carboxylic acids is 1. The van der Waals surface area contributed by atoms with Gasteiger partial charge in [0.2, 0.25) is 5.95 Å². The molecule has 2 aliphatic heterocycles. The molecule has 0 aromatic carbocycles. The molecule has 1 amide bonds. The van der Waals surface area contributed by atoms with Crippen molar-refractivity contribution in [3.8, 4) is 11.8 Å². The normalized spacial score (nSPS) is 18.1. The third-order valence-corrected chi connectivity index (χ3v) is 5.70. The van der Waals surface area contributed by atoms with Crippen molar-refractivity contribution in [2.24, 2.45) is 0 Å². The number of hydrogen-bond acceptors (Lipinski definition) is 7. The lowest BCUT2D eigenvalue weighted by Crippen LogP contribution is -2.53. The molecule has 0 saturated carbocycles. The highest BCUT2D eigenvalue weighted by molar-refractivity contribution is 5.85. The molecule has 2 aliphatic rings. The number of ether oxygens (including phenoxy) is 1. The van der Waals surface area contributed by atoms with Gasteiger partial charge in [0.05, 0.1) is 13.1 Å². The van der Waals surface area contributed by atoms with Crippen LogP contribution in [0.15, 0.2) is 18.5 Å². The summed E-state index contributed by atoms with van der Waals surface area (Å²) in [5.74, 6) is -0.520. The number of aromatic nitrogens is 3. The lowest BCUT2D eigenvalue weighted by molar-refractivity contribution is -0.146. The smallest absolute Gasteiger partial charge is 0.433 e. The number of nitrogens with zero attached hydrogens (tertiary/aromatic N) is 6. The van der Waals surface area contributed by atoms with E-state index in [0.29, 0.717) is 11.3 Å². The first-order chi connectivity index (χ1) is 15.6. The molecule has 12 heteroatoms. The number of fused-ring (bicyclic) bond motifs is 1. The van der Waals surface area contributed by atoms with Crippen molar-refractivity contribution >= 4 is 11.9 Å². The van der Waals surface area contributed by atoms with Crippen LogP contribution in [0.3, 0.4) is 0 Å². The fourth-order valence-electron chi connectivity index (χ4n) is 3.97. The van der Waals surface area contributed by atoms with Gasteiger partial charge in [-0.15, -0.1) is 0 Å². The molecule has 0 aliphatic carbocycles. The molecule has 4 heterocycles. The van der Waals surface area contributed by atoms with Gasteiger partial charge < -0.3 is 14.5 Å². The van der Waals surface area contributed by atoms with Crippen LogP contribution in [-0.2, 0) is 17.5 Å². The number of piperidine rings is 1. The summed E-state index contributed by atoms with van der Waals surface area (Å²) < 4.78 is 60.5. The van der Waals surface area contributed by atoms with Crippen molar-refractivity contribution in [3.63, 3.8) is 0 Å². The van der Waals surface area contributed by atoms with E-state index >= 15 is 4.39 Å². The average molecular weight is 464 g/mol. The molecule has 1 fully saturated rings. The van der Waals surface area contributed by atoms with Crippen LogP contribution >= 0.6 is 0 Å². The molecule has 33 heavy (non-hydrogen) atoms. The standard InChI is InChI=1S/C21H20F4N6O2/c1-13-8-16(21(23,24)25)29-19(28-13)30-4-2-20(22,3-5-30)18(32)31-6-7-33-17-14(9-26)10-27-11-15(17)12-31/h8,10-11H,2-7,12H2,1H3. The largest absolute Gasteiger partial charge is 0.490 e. The Morgan fingerprint density at radius 1 is 1.21 bits per heavy atom. The molecule has 2 aromatic heterocycles. The van der Waals surface area contributed by atoms with Crippen molar-refractivity contribution in [1.29, 1.82) is 5.26 Å². The van der Waals surface area contributed by atoms with E-state index < -0.39 is 23.4 Å². The second-order valence-electron chi connectivity index (χ2n) is 8.01. The van der Waals surface area contributed by atoms with E-state index in [-0.39, 0.29) is 62.8 Å². The second kappa shape index (κ2) is 8.46. The number of nitriles is 1. The minimum atomic E-state index is -4.62. The molecule has 0 atom stereocenters. The van der Waals surface area contributed by atoms with Crippen LogP contribution in [0.2, 0.25) is 0 Å². The average Bonchev–Trinajstić information content (AvgIpc) is 3.00. The topological polar surface area (TPSA) is 95.2 Å². The summed E-state index contributed by atoms with van der Waals surface area (Å²) >= 11 is 0. The zero-order chi connectivity index (χ0) is 23.8. The minimum absolute atomic E-state index is 0.00987. The summed E-state index contributed by atoms with van der Waals surface area (Å²) in [4.78, 5) is 27.5. The lowest BCUT2D eigenvalue weighted by Gasteiger charge is -2.38. The van der Waals surface area contributed by atoms with Crippen LogP contribution < -0.4 is 9.64 Å². The Bertz CT molecular complexity index is 1110. The number of rotatable bonds is 2. The van der Waals surface area contributed by atoms with Gasteiger partial charge in [-0.1, -0.05) is 0 Å². The zero-order valence-corrected chi connectivity index (χ0v) is 17.7. The summed E-state index contributed by atoms with van der Waals surface area (Å²) in [6.45, 7) is 1.68. The number of pyridine rings is 1. The molecule has 0 N–H and O–H groups in total. The van der Waals surface area contributed by atoms with Gasteiger partial charge in [0.25, 0.3) is 5.91 Å². The highest BCUT2D eigenvalue weighted by atomic mass is 19.4. The first-order valence-corrected chi connectivity index (χ1v) is 10.3. The molecule has 8 nitrogen and oxygen atoms in total. The van der Waals surface area contributed by atoms with Crippen LogP contribution in [0.5, 0.6) is 5.75 Å². The molecular weight excluding hydrogens is 444 g/mol. The molecule has 1 saturated heterocycles. The van der Waals surface area contributed by atoms with Crippen LogP contribution in [0.4, 0.5) is 23.5 Å². The van der Waals surface area contributed by atoms with Crippen molar-refractivity contribution in [2.75, 3.05) is 31.1 Å². The van der Waals surface area contributed by atoms with E-state index in [4.69, 9.17) is 4.74 Å². The van der Waals surface area contributed by atoms with Gasteiger partial charge >= 0.3 is 6.18 Å². The van der Waals surface area contributed by atoms with Gasteiger partial charge in [-0.3, -0.25) is 9.78 Å². The summed E-state index contributed by atoms with van der Waals surface area (Å²) in [5.41, 5.74) is -2.35. The van der Waals surface area contributed by atoms with Crippen molar-refractivity contribution in [3.05, 3.63) is 41.0 Å². The van der Waals surface area contributed by atoms with Gasteiger partial charge in [0.15, 0.2) is 5.67 Å². The third kappa shape index (κ3) is 4.53. The van der Waals surface area contributed by atoms with E-state index in [2.05, 4.69) is 15.0 Å². The van der Waals surface area contributed by atoms with Crippen LogP contribution in [0, 0.1) is 18.3 Å². The van der Waals surface area contributed by atoms with Gasteiger partial charge in [0, 0.05) is 49.6 Å². The van der Waals surface area contributed by atoms with Gasteiger partial charge in [-0.25, -0.2) is 14.4 Å². The summed E-state index contributed by atoms with van der Waals surface area (Å²) in [5, 5.41) is 9.22. The minimum Gasteiger partial charge on any atom is -0.490 e. The van der Waals surface area contributed by atoms with E-state index in [1.807, 2.05) is 6.07 Å². The molecule has 0 bridgehead atoms. The number of carbonyl (C=O) groups is 1. The Balaban J connectivity index is 1.48. The fraction of sp³-hybridized carbons (Fsp3) is 0.476. The first kappa shape index (κ1) is 22.7. The number of hydrogen-bond donors (Lipinski definition) is 0. The number of halogens is 4. The third-order valence-electron chi connectivity index (χ3n) is 5.70. The maximum absolute atomic E-state index is 15.7. The van der Waals surface area contributed by atoms with Crippen LogP contribution in [0.1, 0.15) is 35.4 Å². The van der Waals surface area contributed by atoms with E-state index in [9.17, 15) is 23.2 Å². The van der Waals surface area contributed by atoms with Crippen molar-refractivity contribution in [1.82, 2.24) is 19.9 Å². The number of amides is 1. The van der Waals surface area contributed by atoms with Crippen LogP contribution in [0.25, 0.3) is 0 Å². The number of aryl methyl sites for hydroxylation is 1. The van der Waals surface area contributed by atoms with Gasteiger partial charge in [0.1, 0.15) is 29.7 Å². The van der Waals surface area contributed by atoms with E-state index in [0.717, 1.165) is 6.07 Å². The maximum atomic E-state index is 15.7. The van der Waals surface area contributed by atoms with Crippen molar-refractivity contribution < 1.29 is 27.1 Å². The van der Waals surface area contributed by atoms with Crippen molar-refractivity contribution in [2.45, 2.75) is 38.2 Å². The highest BCUT2D eigenvalue weighted by Crippen LogP contribution is 2.34. The highest BCUT2D eigenvalue weighted by Gasteiger charge is 2.45. The molecule has 2 aromatic rings. The fourth-order valence-corrected chi connectivity index (χ4v) is 3.97. The summed E-state index contributed by atoms with van der Waals surface area (Å²) in [6, 6.07) is 2.83. The predicted molar refractivity (Wildman–Crippen MR) is 107 cm³/mol. The van der Waals surface area contributed by atoms with Gasteiger partial charge in [-0.05, 0) is 13.0 Å². The molecule has 0 radical (unpaired) electrons. The zero-order valence-electron chi connectivity index (χ0n) is 17.7. The molecule has 174 valence electrons. The van der Waals surface area contributed by atoms with E-state index in [1.165, 1.54) is 29.1 Å². The van der Waals surface area contributed by atoms with Gasteiger partial charge in [-0.2, -0.15) is 18.4 Å². The Morgan fingerprint density at radius 3 is 2.61 bits per heavy atom. The molecule has 0 unspecified atom stereocenters. The molecular formula is C21H20F4N6O2. The molecule has 0 spiro atoms. The summed E-state index contributed by atoms with van der Waals surface area (Å²) in [6.07, 6.45) is -2.22. The Hall–Kier alpha value is -3.49. The molecule has 4 rings (SSSR count). The monoisotopic (exact) mass is 464 g/mol. The SMILES string of the molecule is Cc1cc(C(F)(F)F)nc(N2CCC(F)(C(=O)N3CCOc4c(C#N)cncc4C3)CC2)n1. The van der Waals surface area contributed by atoms with E-state index in [1.54, 1.807) is 0 Å². The Morgan fingerprint density at radius 2 is 1.94 bits per heavy atom. The second-order valence-corrected chi connectivity index (χ2v) is 8.01. The van der Waals surface area contributed by atoms with Crippen LogP contribution in [-0.4, -0.2) is 57.7 Å². The Labute approximate surface area is 186 Å². The number of anilines is 1. The quantitative estimate of drug-likeness (QED) is 0.631. The maximum Gasteiger partial charge on any atom is 0.433 e. The number of alkyl halides is 4. The summed E-state index contributed by atoms with van der Waals surface area (Å²) in [7, 11) is 0. The first-order valence-electron chi connectivity index (χ1n) is 10.3. The Kier molecular flexibility index (Phi) is 5.82. The lowest BCUT2D eigenvalue weighted by atomic mass is 9.91.